The molecule has 1 aliphatic heterocycles. The van der Waals surface area contributed by atoms with E-state index < -0.39 is 45.8 Å². The lowest BCUT2D eigenvalue weighted by Gasteiger charge is -2.28. The normalized spacial score (nSPS) is 18.8. The number of hydrogen-bond acceptors (Lipinski definition) is 5. The van der Waals surface area contributed by atoms with Crippen molar-refractivity contribution in [3.8, 4) is 0 Å². The zero-order valence-corrected chi connectivity index (χ0v) is 21.6. The first-order valence-corrected chi connectivity index (χ1v) is 13.0. The van der Waals surface area contributed by atoms with Gasteiger partial charge in [0.05, 0.1) is 22.0 Å². The lowest BCUT2D eigenvalue weighted by atomic mass is 9.99. The summed E-state index contributed by atoms with van der Waals surface area (Å²) in [5, 5.41) is 2.62. The van der Waals surface area contributed by atoms with Gasteiger partial charge in [0.2, 0.25) is 27.7 Å². The highest BCUT2D eigenvalue weighted by atomic mass is 35.5. The number of nitrogens with one attached hydrogen (secondary N) is 2. The number of nitrogens with two attached hydrogens (primary N) is 1. The average molecular weight is 539 g/mol. The lowest BCUT2D eigenvalue weighted by Crippen LogP contribution is -2.50. The van der Waals surface area contributed by atoms with E-state index in [2.05, 4.69) is 10.0 Å². The Hall–Kier alpha value is -3.02. The van der Waals surface area contributed by atoms with Gasteiger partial charge in [0.25, 0.3) is 0 Å². The SMILES string of the molecule is Cc1ccc(S(=O)(=O)NC(CCC(N)=O)C(=O)N[C@H]2CC(=O)N(C)[C@@H]2c2ccc(Cl)c(F)c2)cc1C. The summed E-state index contributed by atoms with van der Waals surface area (Å²) in [6.45, 7) is 3.60. The van der Waals surface area contributed by atoms with Crippen LogP contribution in [0, 0.1) is 19.7 Å². The number of likely N-dealkylation sites (N-methyl/N-ethyl adjacent to an activating group) is 1. The molecule has 36 heavy (non-hydrogen) atoms. The molecule has 1 fully saturated rings. The van der Waals surface area contributed by atoms with Gasteiger partial charge in [-0.25, -0.2) is 12.8 Å². The number of amides is 3. The predicted octanol–water partition coefficient (Wildman–Crippen LogP) is 2.10. The van der Waals surface area contributed by atoms with Crippen molar-refractivity contribution in [2.24, 2.45) is 5.73 Å². The molecule has 1 unspecified atom stereocenters. The van der Waals surface area contributed by atoms with Gasteiger partial charge in [0.1, 0.15) is 11.9 Å². The van der Waals surface area contributed by atoms with Gasteiger partial charge in [-0.05, 0) is 61.2 Å². The molecule has 0 aliphatic carbocycles. The largest absolute Gasteiger partial charge is 0.370 e. The third-order valence-corrected chi connectivity index (χ3v) is 8.06. The molecule has 194 valence electrons. The van der Waals surface area contributed by atoms with Gasteiger partial charge in [-0.1, -0.05) is 23.7 Å². The molecule has 3 rings (SSSR count). The summed E-state index contributed by atoms with van der Waals surface area (Å²) in [5.74, 6) is -2.41. The Morgan fingerprint density at radius 2 is 1.89 bits per heavy atom. The first kappa shape index (κ1) is 27.6. The molecule has 0 saturated carbocycles. The molecule has 1 saturated heterocycles. The molecule has 3 amide bonds. The third-order valence-electron chi connectivity index (χ3n) is 6.28. The van der Waals surface area contributed by atoms with Crippen molar-refractivity contribution in [2.45, 2.75) is 56.1 Å². The Labute approximate surface area is 214 Å². The Morgan fingerprint density at radius 1 is 1.19 bits per heavy atom. The molecule has 2 aromatic rings. The van der Waals surface area contributed by atoms with Crippen LogP contribution in [0.3, 0.4) is 0 Å². The van der Waals surface area contributed by atoms with Crippen molar-refractivity contribution in [1.29, 1.82) is 0 Å². The van der Waals surface area contributed by atoms with Crippen LogP contribution >= 0.6 is 11.6 Å². The number of halogens is 2. The number of likely N-dealkylation sites (tertiary alicyclic amines) is 1. The molecule has 0 radical (unpaired) electrons. The van der Waals surface area contributed by atoms with Gasteiger partial charge in [-0.3, -0.25) is 14.4 Å². The molecule has 9 nitrogen and oxygen atoms in total. The van der Waals surface area contributed by atoms with Crippen molar-refractivity contribution in [3.63, 3.8) is 0 Å². The number of sulfonamides is 1. The summed E-state index contributed by atoms with van der Waals surface area (Å²) in [4.78, 5) is 38.4. The standard InChI is InChI=1S/C24H28ClFN4O5S/c1-13-4-6-16(10-14(13)2)36(34,35)29-19(8-9-21(27)31)24(33)28-20-12-22(32)30(3)23(20)15-5-7-17(25)18(26)11-15/h4-7,10-11,19-20,23,29H,8-9,12H2,1-3H3,(H2,27,31)(H,28,33)/t19?,20-,23+/m0/s1. The van der Waals surface area contributed by atoms with Crippen molar-refractivity contribution >= 4 is 39.3 Å². The first-order valence-electron chi connectivity index (χ1n) is 11.2. The fraction of sp³-hybridized carbons (Fsp3) is 0.375. The summed E-state index contributed by atoms with van der Waals surface area (Å²) in [7, 11) is -2.60. The monoisotopic (exact) mass is 538 g/mol. The minimum absolute atomic E-state index is 0.0345. The van der Waals surface area contributed by atoms with Gasteiger partial charge in [-0.15, -0.1) is 0 Å². The Kier molecular flexibility index (Phi) is 8.37. The van der Waals surface area contributed by atoms with E-state index in [9.17, 15) is 27.2 Å². The van der Waals surface area contributed by atoms with Gasteiger partial charge >= 0.3 is 0 Å². The number of rotatable bonds is 9. The maximum atomic E-state index is 14.1. The average Bonchev–Trinajstić information content (AvgIpc) is 3.07. The zero-order chi connectivity index (χ0) is 26.8. The van der Waals surface area contributed by atoms with E-state index in [4.69, 9.17) is 17.3 Å². The second-order valence-corrected chi connectivity index (χ2v) is 11.0. The summed E-state index contributed by atoms with van der Waals surface area (Å²) < 4.78 is 42.5. The molecule has 12 heteroatoms. The number of carbonyl (C=O) groups excluding carboxylic acids is 3. The van der Waals surface area contributed by atoms with Crippen molar-refractivity contribution in [3.05, 3.63) is 63.9 Å². The van der Waals surface area contributed by atoms with Crippen molar-refractivity contribution < 1.29 is 27.2 Å². The van der Waals surface area contributed by atoms with Crippen LogP contribution in [0.4, 0.5) is 4.39 Å². The molecule has 2 aromatic carbocycles. The molecule has 0 aromatic heterocycles. The minimum Gasteiger partial charge on any atom is -0.370 e. The quantitative estimate of drug-likeness (QED) is 0.449. The fourth-order valence-electron chi connectivity index (χ4n) is 4.10. The van der Waals surface area contributed by atoms with Gasteiger partial charge < -0.3 is 16.0 Å². The van der Waals surface area contributed by atoms with Crippen LogP contribution in [-0.4, -0.2) is 50.2 Å². The van der Waals surface area contributed by atoms with E-state index in [1.807, 2.05) is 6.92 Å². The number of nitrogens with zero attached hydrogens (tertiary/aromatic N) is 1. The predicted molar refractivity (Wildman–Crippen MR) is 132 cm³/mol. The minimum atomic E-state index is -4.13. The van der Waals surface area contributed by atoms with Crippen LogP contribution in [0.15, 0.2) is 41.3 Å². The van der Waals surface area contributed by atoms with E-state index in [1.54, 1.807) is 19.1 Å². The zero-order valence-electron chi connectivity index (χ0n) is 20.0. The second kappa shape index (κ2) is 10.9. The number of carbonyl (C=O) groups is 3. The maximum Gasteiger partial charge on any atom is 0.241 e. The molecule has 0 spiro atoms. The number of benzene rings is 2. The molecule has 3 atom stereocenters. The summed E-state index contributed by atoms with van der Waals surface area (Å²) in [5.41, 5.74) is 7.30. The molecule has 1 aliphatic rings. The van der Waals surface area contributed by atoms with E-state index in [-0.39, 0.29) is 35.1 Å². The van der Waals surface area contributed by atoms with E-state index in [0.717, 1.165) is 11.1 Å². The van der Waals surface area contributed by atoms with Crippen molar-refractivity contribution in [1.82, 2.24) is 14.9 Å². The Balaban J connectivity index is 1.86. The highest BCUT2D eigenvalue weighted by Gasteiger charge is 2.41. The second-order valence-electron chi connectivity index (χ2n) is 8.87. The fourth-order valence-corrected chi connectivity index (χ4v) is 5.53. The summed E-state index contributed by atoms with van der Waals surface area (Å²) in [6.07, 6.45) is -0.519. The van der Waals surface area contributed by atoms with Crippen molar-refractivity contribution in [2.75, 3.05) is 7.05 Å². The smallest absolute Gasteiger partial charge is 0.241 e. The number of primary amides is 1. The van der Waals surface area contributed by atoms with Crippen LogP contribution < -0.4 is 15.8 Å². The topological polar surface area (TPSA) is 139 Å². The van der Waals surface area contributed by atoms with Gasteiger partial charge in [0.15, 0.2) is 0 Å². The van der Waals surface area contributed by atoms with Gasteiger partial charge in [0, 0.05) is 19.9 Å². The van der Waals surface area contributed by atoms with Crippen LogP contribution in [0.5, 0.6) is 0 Å². The number of hydrogen-bond donors (Lipinski definition) is 3. The van der Waals surface area contributed by atoms with E-state index >= 15 is 0 Å². The Morgan fingerprint density at radius 3 is 2.50 bits per heavy atom. The number of aryl methyl sites for hydroxylation is 2. The molecule has 1 heterocycles. The molecular weight excluding hydrogens is 511 g/mol. The Bertz CT molecular complexity index is 1300. The highest BCUT2D eigenvalue weighted by molar-refractivity contribution is 7.89. The maximum absolute atomic E-state index is 14.1. The van der Waals surface area contributed by atoms with Crippen LogP contribution in [0.1, 0.15) is 42.0 Å². The summed E-state index contributed by atoms with van der Waals surface area (Å²) >= 11 is 5.78. The first-order chi connectivity index (χ1) is 16.8. The summed E-state index contributed by atoms with van der Waals surface area (Å²) in [6, 6.07) is 5.82. The van der Waals surface area contributed by atoms with Gasteiger partial charge in [-0.2, -0.15) is 4.72 Å². The van der Waals surface area contributed by atoms with E-state index in [1.165, 1.54) is 36.2 Å². The van der Waals surface area contributed by atoms with Crippen LogP contribution in [-0.2, 0) is 24.4 Å². The molecule has 4 N–H and O–H groups in total. The van der Waals surface area contributed by atoms with Crippen LogP contribution in [0.2, 0.25) is 5.02 Å². The van der Waals surface area contributed by atoms with Crippen LogP contribution in [0.25, 0.3) is 0 Å². The van der Waals surface area contributed by atoms with E-state index in [0.29, 0.717) is 5.56 Å². The molecular formula is C24H28ClFN4O5S. The molecule has 0 bridgehead atoms. The third kappa shape index (κ3) is 6.21. The highest BCUT2D eigenvalue weighted by Crippen LogP contribution is 2.33. The lowest BCUT2D eigenvalue weighted by molar-refractivity contribution is -0.127.